The molecule has 0 aromatic carbocycles. The van der Waals surface area contributed by atoms with E-state index in [1.165, 1.54) is 16.6 Å². The molecular weight excluding hydrogens is 316 g/mol. The quantitative estimate of drug-likeness (QED) is 0.822. The molecule has 0 spiro atoms. The molecule has 0 unspecified atom stereocenters. The highest BCUT2D eigenvalue weighted by Gasteiger charge is 2.30. The zero-order valence-electron chi connectivity index (χ0n) is 11.9. The van der Waals surface area contributed by atoms with Gasteiger partial charge in [-0.15, -0.1) is 0 Å². The van der Waals surface area contributed by atoms with Crippen molar-refractivity contribution in [2.24, 2.45) is 0 Å². The summed E-state index contributed by atoms with van der Waals surface area (Å²) in [5.41, 5.74) is 0.526. The highest BCUT2D eigenvalue weighted by Crippen LogP contribution is 2.21. The van der Waals surface area contributed by atoms with Crippen molar-refractivity contribution < 1.29 is 21.9 Å². The molecule has 9 heteroatoms. The van der Waals surface area contributed by atoms with Crippen LogP contribution in [-0.2, 0) is 33.0 Å². The number of hydrogen-bond donors (Lipinski definition) is 1. The highest BCUT2D eigenvalue weighted by atomic mass is 32.2. The van der Waals surface area contributed by atoms with E-state index in [0.29, 0.717) is 18.7 Å². The Morgan fingerprint density at radius 1 is 1.29 bits per heavy atom. The van der Waals surface area contributed by atoms with E-state index in [9.17, 15) is 21.9 Å². The first-order valence-corrected chi connectivity index (χ1v) is 10.1. The van der Waals surface area contributed by atoms with Crippen molar-refractivity contribution in [2.75, 3.05) is 24.6 Å². The molecule has 1 aromatic heterocycles. The van der Waals surface area contributed by atoms with Gasteiger partial charge < -0.3 is 9.67 Å². The molecule has 0 atom stereocenters. The Morgan fingerprint density at radius 2 is 2.00 bits per heavy atom. The second-order valence-corrected chi connectivity index (χ2v) is 9.26. The largest absolute Gasteiger partial charge is 0.390 e. The number of sulfone groups is 1. The summed E-state index contributed by atoms with van der Waals surface area (Å²) < 4.78 is 51.2. The van der Waals surface area contributed by atoms with E-state index >= 15 is 0 Å². The van der Waals surface area contributed by atoms with Crippen LogP contribution in [-0.4, -0.2) is 55.4 Å². The second-order valence-electron chi connectivity index (χ2n) is 5.02. The van der Waals surface area contributed by atoms with Crippen molar-refractivity contribution in [1.82, 2.24) is 8.87 Å². The SMILES string of the molecule is CCn1cc(S(=O)(=O)N2CCCS(=O)(=O)CC2)cc1CO. The lowest BCUT2D eigenvalue weighted by Crippen LogP contribution is -2.33. The Kier molecular flexibility index (Phi) is 4.76. The zero-order chi connectivity index (χ0) is 15.7. The third kappa shape index (κ3) is 3.47. The van der Waals surface area contributed by atoms with E-state index in [2.05, 4.69) is 0 Å². The molecule has 1 aromatic rings. The molecule has 2 rings (SSSR count). The molecule has 0 radical (unpaired) electrons. The molecule has 120 valence electrons. The third-order valence-electron chi connectivity index (χ3n) is 3.62. The molecular formula is C12H20N2O5S2. The molecule has 0 aliphatic carbocycles. The van der Waals surface area contributed by atoms with Crippen molar-refractivity contribution in [1.29, 1.82) is 0 Å². The molecule has 1 aliphatic heterocycles. The van der Waals surface area contributed by atoms with Gasteiger partial charge >= 0.3 is 0 Å². The summed E-state index contributed by atoms with van der Waals surface area (Å²) in [5, 5.41) is 9.24. The van der Waals surface area contributed by atoms with E-state index in [1.54, 1.807) is 4.57 Å². The van der Waals surface area contributed by atoms with Crippen molar-refractivity contribution in [3.63, 3.8) is 0 Å². The minimum Gasteiger partial charge on any atom is -0.390 e. The first kappa shape index (κ1) is 16.5. The Balaban J connectivity index is 2.31. The summed E-state index contributed by atoms with van der Waals surface area (Å²) in [6, 6.07) is 1.44. The lowest BCUT2D eigenvalue weighted by atomic mass is 10.4. The average molecular weight is 336 g/mol. The maximum Gasteiger partial charge on any atom is 0.244 e. The average Bonchev–Trinajstić information content (AvgIpc) is 2.77. The monoisotopic (exact) mass is 336 g/mol. The fraction of sp³-hybridized carbons (Fsp3) is 0.667. The van der Waals surface area contributed by atoms with Gasteiger partial charge in [0.1, 0.15) is 4.90 Å². The summed E-state index contributed by atoms with van der Waals surface area (Å²) in [4.78, 5) is 0.104. The summed E-state index contributed by atoms with van der Waals surface area (Å²) in [5.74, 6) is -0.121. The number of hydrogen-bond acceptors (Lipinski definition) is 5. The van der Waals surface area contributed by atoms with Gasteiger partial charge in [0, 0.05) is 31.5 Å². The smallest absolute Gasteiger partial charge is 0.244 e. The first-order valence-electron chi connectivity index (χ1n) is 6.80. The minimum atomic E-state index is -3.72. The van der Waals surface area contributed by atoms with Crippen LogP contribution in [0, 0.1) is 0 Å². The van der Waals surface area contributed by atoms with Crippen LogP contribution in [0.15, 0.2) is 17.2 Å². The highest BCUT2D eigenvalue weighted by molar-refractivity contribution is 7.91. The van der Waals surface area contributed by atoms with Gasteiger partial charge in [-0.1, -0.05) is 0 Å². The standard InChI is InChI=1S/C12H20N2O5S2/c1-2-13-9-12(8-11(13)10-15)21(18,19)14-4-3-6-20(16,17)7-5-14/h8-9,15H,2-7,10H2,1H3. The summed E-state index contributed by atoms with van der Waals surface area (Å²) in [6.45, 7) is 2.36. The van der Waals surface area contributed by atoms with Gasteiger partial charge in [-0.2, -0.15) is 4.31 Å². The molecule has 0 amide bonds. The Bertz CT molecular complexity index is 685. The third-order valence-corrected chi connectivity index (χ3v) is 7.20. The van der Waals surface area contributed by atoms with Gasteiger partial charge in [0.05, 0.1) is 18.1 Å². The lowest BCUT2D eigenvalue weighted by molar-refractivity contribution is 0.271. The van der Waals surface area contributed by atoms with Crippen LogP contribution in [0.5, 0.6) is 0 Å². The Hall–Kier alpha value is -0.900. The second kappa shape index (κ2) is 6.07. The number of sulfonamides is 1. The van der Waals surface area contributed by atoms with Gasteiger partial charge in [-0.3, -0.25) is 0 Å². The Labute approximate surface area is 125 Å². The van der Waals surface area contributed by atoms with Crippen LogP contribution in [0.2, 0.25) is 0 Å². The topological polar surface area (TPSA) is 96.7 Å². The van der Waals surface area contributed by atoms with E-state index in [4.69, 9.17) is 0 Å². The van der Waals surface area contributed by atoms with Crippen molar-refractivity contribution in [2.45, 2.75) is 31.4 Å². The van der Waals surface area contributed by atoms with Gasteiger partial charge in [0.15, 0.2) is 9.84 Å². The van der Waals surface area contributed by atoms with E-state index < -0.39 is 19.9 Å². The van der Waals surface area contributed by atoms with E-state index in [0.717, 1.165) is 0 Å². The zero-order valence-corrected chi connectivity index (χ0v) is 13.5. The van der Waals surface area contributed by atoms with Crippen LogP contribution < -0.4 is 0 Å². The van der Waals surface area contributed by atoms with Gasteiger partial charge in [0.25, 0.3) is 0 Å². The number of nitrogens with zero attached hydrogens (tertiary/aromatic N) is 2. The van der Waals surface area contributed by atoms with Gasteiger partial charge in [-0.05, 0) is 19.4 Å². The maximum absolute atomic E-state index is 12.6. The molecule has 0 saturated carbocycles. The minimum absolute atomic E-state index is 0.0174. The Morgan fingerprint density at radius 3 is 2.57 bits per heavy atom. The number of aliphatic hydroxyl groups excluding tert-OH is 1. The fourth-order valence-electron chi connectivity index (χ4n) is 2.40. The molecule has 1 aliphatic rings. The molecule has 1 saturated heterocycles. The van der Waals surface area contributed by atoms with Crippen LogP contribution in [0.25, 0.3) is 0 Å². The molecule has 2 heterocycles. The van der Waals surface area contributed by atoms with Crippen LogP contribution in [0.3, 0.4) is 0 Å². The molecule has 7 nitrogen and oxygen atoms in total. The van der Waals surface area contributed by atoms with Crippen LogP contribution >= 0.6 is 0 Å². The lowest BCUT2D eigenvalue weighted by Gasteiger charge is -2.18. The van der Waals surface area contributed by atoms with Crippen molar-refractivity contribution in [3.8, 4) is 0 Å². The normalized spacial score (nSPS) is 20.3. The van der Waals surface area contributed by atoms with Crippen molar-refractivity contribution >= 4 is 19.9 Å². The van der Waals surface area contributed by atoms with Crippen molar-refractivity contribution in [3.05, 3.63) is 18.0 Å². The molecule has 21 heavy (non-hydrogen) atoms. The number of rotatable bonds is 4. The maximum atomic E-state index is 12.6. The molecule has 0 bridgehead atoms. The molecule has 1 fully saturated rings. The summed E-state index contributed by atoms with van der Waals surface area (Å²) in [7, 11) is -6.88. The number of aromatic nitrogens is 1. The van der Waals surface area contributed by atoms with E-state index in [-0.39, 0.29) is 36.1 Å². The predicted octanol–water partition coefficient (Wildman–Crippen LogP) is -0.190. The van der Waals surface area contributed by atoms with Crippen LogP contribution in [0.4, 0.5) is 0 Å². The first-order chi connectivity index (χ1) is 9.80. The molecule has 1 N–H and O–H groups in total. The van der Waals surface area contributed by atoms with Gasteiger partial charge in [-0.25, -0.2) is 16.8 Å². The van der Waals surface area contributed by atoms with Gasteiger partial charge in [0.2, 0.25) is 10.0 Å². The summed E-state index contributed by atoms with van der Waals surface area (Å²) in [6.07, 6.45) is 1.79. The number of aliphatic hydroxyl groups is 1. The predicted molar refractivity (Wildman–Crippen MR) is 78.1 cm³/mol. The fourth-order valence-corrected chi connectivity index (χ4v) is 5.33. The van der Waals surface area contributed by atoms with E-state index in [1.807, 2.05) is 6.92 Å². The van der Waals surface area contributed by atoms with Crippen LogP contribution in [0.1, 0.15) is 19.0 Å². The number of aryl methyl sites for hydroxylation is 1. The summed E-state index contributed by atoms with van der Waals surface area (Å²) >= 11 is 0.